The summed E-state index contributed by atoms with van der Waals surface area (Å²) in [4.78, 5) is 0. The standard InChI is InChI=1S/C18H27NOS/c1-14-5-3-4-6-17(14)15(2)19-16-7-10-20-18(13-16)8-11-21-12-9-18/h3-6,15-16,19H,7-13H2,1-2H3/t15-,16?/m0/s1. The minimum atomic E-state index is 0.173. The SMILES string of the molecule is Cc1ccccc1[C@H](C)NC1CCOC2(CCSCC2)C1. The molecule has 21 heavy (non-hydrogen) atoms. The summed E-state index contributed by atoms with van der Waals surface area (Å²) in [6, 6.07) is 9.73. The van der Waals surface area contributed by atoms with E-state index >= 15 is 0 Å². The molecule has 1 spiro atoms. The van der Waals surface area contributed by atoms with Gasteiger partial charge in [-0.1, -0.05) is 24.3 Å². The molecule has 0 radical (unpaired) electrons. The summed E-state index contributed by atoms with van der Waals surface area (Å²) in [5.74, 6) is 2.53. The highest BCUT2D eigenvalue weighted by Gasteiger charge is 2.38. The van der Waals surface area contributed by atoms with Crippen LogP contribution in [0, 0.1) is 6.92 Å². The molecule has 1 unspecified atom stereocenters. The van der Waals surface area contributed by atoms with E-state index in [0.29, 0.717) is 12.1 Å². The zero-order valence-corrected chi connectivity index (χ0v) is 14.0. The molecular weight excluding hydrogens is 278 g/mol. The maximum atomic E-state index is 6.19. The predicted molar refractivity (Wildman–Crippen MR) is 91.0 cm³/mol. The van der Waals surface area contributed by atoms with E-state index < -0.39 is 0 Å². The monoisotopic (exact) mass is 305 g/mol. The first-order chi connectivity index (χ1) is 10.2. The van der Waals surface area contributed by atoms with Crippen LogP contribution in [0.5, 0.6) is 0 Å². The van der Waals surface area contributed by atoms with Crippen molar-refractivity contribution in [1.29, 1.82) is 0 Å². The van der Waals surface area contributed by atoms with Crippen molar-refractivity contribution in [2.24, 2.45) is 0 Å². The highest BCUT2D eigenvalue weighted by molar-refractivity contribution is 7.99. The molecule has 0 amide bonds. The quantitative estimate of drug-likeness (QED) is 0.909. The van der Waals surface area contributed by atoms with Gasteiger partial charge in [0.2, 0.25) is 0 Å². The second kappa shape index (κ2) is 6.72. The van der Waals surface area contributed by atoms with E-state index in [2.05, 4.69) is 55.2 Å². The van der Waals surface area contributed by atoms with E-state index in [1.54, 1.807) is 0 Å². The third-order valence-electron chi connectivity index (χ3n) is 5.04. The third kappa shape index (κ3) is 3.64. The molecule has 1 N–H and O–H groups in total. The molecule has 116 valence electrons. The Balaban J connectivity index is 1.63. The Labute approximate surface area is 133 Å². The highest BCUT2D eigenvalue weighted by Crippen LogP contribution is 2.38. The molecule has 2 aliphatic heterocycles. The third-order valence-corrected chi connectivity index (χ3v) is 6.02. The second-order valence-corrected chi connectivity index (χ2v) is 7.80. The molecule has 3 rings (SSSR count). The molecule has 1 aromatic rings. The van der Waals surface area contributed by atoms with Crippen molar-refractivity contribution in [2.75, 3.05) is 18.1 Å². The molecule has 3 heteroatoms. The van der Waals surface area contributed by atoms with Crippen LogP contribution < -0.4 is 5.32 Å². The summed E-state index contributed by atoms with van der Waals surface area (Å²) < 4.78 is 6.19. The van der Waals surface area contributed by atoms with Gasteiger partial charge in [0.05, 0.1) is 5.60 Å². The van der Waals surface area contributed by atoms with Gasteiger partial charge in [0.15, 0.2) is 0 Å². The summed E-state index contributed by atoms with van der Waals surface area (Å²) in [5, 5.41) is 3.86. The Hall–Kier alpha value is -0.510. The fraction of sp³-hybridized carbons (Fsp3) is 0.667. The maximum absolute atomic E-state index is 6.19. The van der Waals surface area contributed by atoms with E-state index in [1.165, 1.54) is 41.9 Å². The zero-order valence-electron chi connectivity index (χ0n) is 13.2. The number of benzene rings is 1. The Morgan fingerprint density at radius 3 is 2.81 bits per heavy atom. The van der Waals surface area contributed by atoms with Crippen LogP contribution in [0.25, 0.3) is 0 Å². The average Bonchev–Trinajstić information content (AvgIpc) is 2.48. The van der Waals surface area contributed by atoms with Crippen molar-refractivity contribution in [3.05, 3.63) is 35.4 Å². The number of rotatable bonds is 3. The van der Waals surface area contributed by atoms with Gasteiger partial charge in [-0.05, 0) is 62.2 Å². The number of hydrogen-bond acceptors (Lipinski definition) is 3. The number of nitrogens with one attached hydrogen (secondary N) is 1. The molecule has 0 saturated carbocycles. The molecule has 2 nitrogen and oxygen atoms in total. The minimum absolute atomic E-state index is 0.173. The number of hydrogen-bond donors (Lipinski definition) is 1. The first kappa shape index (κ1) is 15.4. The van der Waals surface area contributed by atoms with E-state index in [-0.39, 0.29) is 5.60 Å². The van der Waals surface area contributed by atoms with Gasteiger partial charge in [-0.15, -0.1) is 0 Å². The van der Waals surface area contributed by atoms with Gasteiger partial charge in [-0.25, -0.2) is 0 Å². The largest absolute Gasteiger partial charge is 0.375 e. The first-order valence-corrected chi connectivity index (χ1v) is 9.37. The fourth-order valence-corrected chi connectivity index (χ4v) is 5.01. The average molecular weight is 305 g/mol. The van der Waals surface area contributed by atoms with Crippen molar-refractivity contribution < 1.29 is 4.74 Å². The lowest BCUT2D eigenvalue weighted by molar-refractivity contribution is -0.0940. The number of aryl methyl sites for hydroxylation is 1. The van der Waals surface area contributed by atoms with Gasteiger partial charge in [-0.3, -0.25) is 0 Å². The van der Waals surface area contributed by atoms with Gasteiger partial charge >= 0.3 is 0 Å². The lowest BCUT2D eigenvalue weighted by Gasteiger charge is -2.44. The van der Waals surface area contributed by atoms with Gasteiger partial charge in [0.1, 0.15) is 0 Å². The van der Waals surface area contributed by atoms with Crippen molar-refractivity contribution in [1.82, 2.24) is 5.32 Å². The summed E-state index contributed by atoms with van der Waals surface area (Å²) >= 11 is 2.08. The fourth-order valence-electron chi connectivity index (χ4n) is 3.78. The van der Waals surface area contributed by atoms with Crippen LogP contribution in [0.1, 0.15) is 49.8 Å². The summed E-state index contributed by atoms with van der Waals surface area (Å²) in [5.41, 5.74) is 2.98. The summed E-state index contributed by atoms with van der Waals surface area (Å²) in [6.07, 6.45) is 4.79. The number of ether oxygens (including phenoxy) is 1. The van der Waals surface area contributed by atoms with Crippen LogP contribution in [0.2, 0.25) is 0 Å². The lowest BCUT2D eigenvalue weighted by Crippen LogP contribution is -2.49. The highest BCUT2D eigenvalue weighted by atomic mass is 32.2. The number of thioether (sulfide) groups is 1. The Morgan fingerprint density at radius 1 is 1.29 bits per heavy atom. The molecule has 1 aromatic carbocycles. The normalized spacial score (nSPS) is 26.7. The second-order valence-electron chi connectivity index (χ2n) is 6.58. The van der Waals surface area contributed by atoms with Gasteiger partial charge < -0.3 is 10.1 Å². The first-order valence-electron chi connectivity index (χ1n) is 8.22. The zero-order chi connectivity index (χ0) is 14.7. The molecule has 0 aromatic heterocycles. The van der Waals surface area contributed by atoms with Crippen LogP contribution >= 0.6 is 11.8 Å². The Morgan fingerprint density at radius 2 is 2.05 bits per heavy atom. The molecule has 0 aliphatic carbocycles. The Bertz CT molecular complexity index is 465. The Kier molecular flexibility index (Phi) is 4.92. The van der Waals surface area contributed by atoms with Crippen molar-refractivity contribution in [3.8, 4) is 0 Å². The van der Waals surface area contributed by atoms with Crippen molar-refractivity contribution >= 4 is 11.8 Å². The van der Waals surface area contributed by atoms with Gasteiger partial charge in [-0.2, -0.15) is 11.8 Å². The lowest BCUT2D eigenvalue weighted by atomic mass is 9.85. The van der Waals surface area contributed by atoms with E-state index in [1.807, 2.05) is 0 Å². The summed E-state index contributed by atoms with van der Waals surface area (Å²) in [6.45, 7) is 5.42. The van der Waals surface area contributed by atoms with Crippen LogP contribution in [0.3, 0.4) is 0 Å². The van der Waals surface area contributed by atoms with Crippen LogP contribution in [-0.2, 0) is 4.74 Å². The molecule has 0 bridgehead atoms. The van der Waals surface area contributed by atoms with Crippen LogP contribution in [0.15, 0.2) is 24.3 Å². The van der Waals surface area contributed by atoms with Crippen LogP contribution in [0.4, 0.5) is 0 Å². The molecule has 2 fully saturated rings. The van der Waals surface area contributed by atoms with Crippen molar-refractivity contribution in [2.45, 2.75) is 57.2 Å². The summed E-state index contributed by atoms with van der Waals surface area (Å²) in [7, 11) is 0. The van der Waals surface area contributed by atoms with E-state index in [0.717, 1.165) is 13.0 Å². The van der Waals surface area contributed by atoms with E-state index in [4.69, 9.17) is 4.74 Å². The van der Waals surface area contributed by atoms with Crippen molar-refractivity contribution in [3.63, 3.8) is 0 Å². The van der Waals surface area contributed by atoms with Gasteiger partial charge in [0.25, 0.3) is 0 Å². The topological polar surface area (TPSA) is 21.3 Å². The molecule has 2 aliphatic rings. The molecule has 2 atom stereocenters. The molecular formula is C18H27NOS. The minimum Gasteiger partial charge on any atom is -0.375 e. The van der Waals surface area contributed by atoms with E-state index in [9.17, 15) is 0 Å². The maximum Gasteiger partial charge on any atom is 0.0713 e. The molecule has 2 heterocycles. The van der Waals surface area contributed by atoms with Gasteiger partial charge in [0, 0.05) is 18.7 Å². The predicted octanol–water partition coefficient (Wildman–Crippen LogP) is 4.09. The smallest absolute Gasteiger partial charge is 0.0713 e. The molecule has 2 saturated heterocycles. The van der Waals surface area contributed by atoms with Crippen LogP contribution in [-0.4, -0.2) is 29.8 Å².